The quantitative estimate of drug-likeness (QED) is 0.867. The van der Waals surface area contributed by atoms with Gasteiger partial charge in [-0.05, 0) is 24.5 Å². The fourth-order valence-electron chi connectivity index (χ4n) is 3.17. The first-order chi connectivity index (χ1) is 11.5. The summed E-state index contributed by atoms with van der Waals surface area (Å²) in [4.78, 5) is 19.1. The first-order valence-electron chi connectivity index (χ1n) is 8.50. The number of hydrogen-bond acceptors (Lipinski definition) is 3. The molecule has 128 valence electrons. The lowest BCUT2D eigenvalue weighted by Crippen LogP contribution is -2.43. The number of ether oxygens (including phenoxy) is 1. The number of carbonyl (C=O) groups is 1. The lowest BCUT2D eigenvalue weighted by atomic mass is 10.0. The number of carbonyl (C=O) groups excluding carboxylic acids is 1. The summed E-state index contributed by atoms with van der Waals surface area (Å²) in [6.45, 7) is 7.39. The maximum Gasteiger partial charge on any atom is 0.263 e. The van der Waals surface area contributed by atoms with Gasteiger partial charge < -0.3 is 14.2 Å². The van der Waals surface area contributed by atoms with Gasteiger partial charge in [-0.1, -0.05) is 32.0 Å². The van der Waals surface area contributed by atoms with Gasteiger partial charge in [0.1, 0.15) is 5.75 Å². The van der Waals surface area contributed by atoms with Crippen LogP contribution in [0.25, 0.3) is 0 Å². The molecule has 2 heterocycles. The Bertz CT molecular complexity index is 736. The van der Waals surface area contributed by atoms with Crippen LogP contribution in [-0.2, 0) is 24.8 Å². The number of imidazole rings is 1. The highest BCUT2D eigenvalue weighted by molar-refractivity contribution is 5.81. The number of aryl methyl sites for hydroxylation is 1. The van der Waals surface area contributed by atoms with Crippen molar-refractivity contribution in [1.29, 1.82) is 0 Å². The van der Waals surface area contributed by atoms with Crippen molar-refractivity contribution in [3.63, 3.8) is 0 Å². The minimum absolute atomic E-state index is 0.0282. The van der Waals surface area contributed by atoms with Crippen molar-refractivity contribution in [2.24, 2.45) is 7.05 Å². The average molecular weight is 327 g/mol. The van der Waals surface area contributed by atoms with E-state index in [1.807, 2.05) is 48.0 Å². The van der Waals surface area contributed by atoms with Crippen LogP contribution in [0, 0.1) is 0 Å². The van der Waals surface area contributed by atoms with Gasteiger partial charge in [0, 0.05) is 20.0 Å². The minimum Gasteiger partial charge on any atom is -0.481 e. The summed E-state index contributed by atoms with van der Waals surface area (Å²) >= 11 is 0. The highest BCUT2D eigenvalue weighted by Crippen LogP contribution is 2.27. The normalized spacial score (nSPS) is 15.3. The monoisotopic (exact) mass is 327 g/mol. The van der Waals surface area contributed by atoms with Crippen molar-refractivity contribution < 1.29 is 9.53 Å². The molecule has 1 atom stereocenters. The van der Waals surface area contributed by atoms with Gasteiger partial charge in [0.2, 0.25) is 0 Å². The van der Waals surface area contributed by atoms with Gasteiger partial charge in [-0.2, -0.15) is 0 Å². The fraction of sp³-hybridized carbons (Fsp3) is 0.474. The van der Waals surface area contributed by atoms with E-state index >= 15 is 0 Å². The molecule has 1 aromatic heterocycles. The standard InChI is InChI=1S/C19H25N3O2/c1-13(2)15-7-5-6-8-18(15)24-14(3)19(23)22-10-9-16-17(11-22)21(4)12-20-16/h5-8,12-14H,9-11H2,1-4H3. The number of amides is 1. The van der Waals surface area contributed by atoms with Crippen LogP contribution >= 0.6 is 0 Å². The Balaban J connectivity index is 1.71. The molecule has 5 nitrogen and oxygen atoms in total. The second kappa shape index (κ2) is 6.67. The van der Waals surface area contributed by atoms with Gasteiger partial charge in [-0.15, -0.1) is 0 Å². The van der Waals surface area contributed by atoms with Crippen LogP contribution < -0.4 is 4.74 Å². The Morgan fingerprint density at radius 2 is 2.00 bits per heavy atom. The SMILES string of the molecule is CC(Oc1ccccc1C(C)C)C(=O)N1CCc2ncn(C)c2C1. The predicted molar refractivity (Wildman–Crippen MR) is 93.0 cm³/mol. The van der Waals surface area contributed by atoms with Crippen LogP contribution in [0.15, 0.2) is 30.6 Å². The van der Waals surface area contributed by atoms with Crippen molar-refractivity contribution in [2.45, 2.75) is 45.8 Å². The number of benzene rings is 1. The van der Waals surface area contributed by atoms with Gasteiger partial charge in [0.05, 0.1) is 24.3 Å². The van der Waals surface area contributed by atoms with Crippen LogP contribution in [-0.4, -0.2) is 33.0 Å². The van der Waals surface area contributed by atoms with Crippen LogP contribution in [0.5, 0.6) is 5.75 Å². The first-order valence-corrected chi connectivity index (χ1v) is 8.50. The van der Waals surface area contributed by atoms with Crippen LogP contribution in [0.1, 0.15) is 43.6 Å². The number of rotatable bonds is 4. The molecule has 0 saturated carbocycles. The van der Waals surface area contributed by atoms with Crippen molar-refractivity contribution in [1.82, 2.24) is 14.5 Å². The topological polar surface area (TPSA) is 47.4 Å². The summed E-state index contributed by atoms with van der Waals surface area (Å²) in [6, 6.07) is 7.94. The molecule has 1 amide bonds. The second-order valence-electron chi connectivity index (χ2n) is 6.71. The van der Waals surface area contributed by atoms with E-state index < -0.39 is 6.10 Å². The molecule has 5 heteroatoms. The van der Waals surface area contributed by atoms with E-state index in [9.17, 15) is 4.79 Å². The Kier molecular flexibility index (Phi) is 4.60. The van der Waals surface area contributed by atoms with E-state index in [-0.39, 0.29) is 5.91 Å². The first kappa shape index (κ1) is 16.6. The number of aromatic nitrogens is 2. The van der Waals surface area contributed by atoms with Gasteiger partial charge in [0.25, 0.3) is 5.91 Å². The molecule has 1 aliphatic rings. The third-order valence-corrected chi connectivity index (χ3v) is 4.61. The highest BCUT2D eigenvalue weighted by Gasteiger charge is 2.28. The average Bonchev–Trinajstić information content (AvgIpc) is 2.95. The van der Waals surface area contributed by atoms with E-state index in [1.54, 1.807) is 0 Å². The third kappa shape index (κ3) is 3.16. The molecule has 0 fully saturated rings. The zero-order valence-corrected chi connectivity index (χ0v) is 14.8. The summed E-state index contributed by atoms with van der Waals surface area (Å²) in [6.07, 6.45) is 2.12. The largest absolute Gasteiger partial charge is 0.481 e. The van der Waals surface area contributed by atoms with Gasteiger partial charge in [-0.3, -0.25) is 4.79 Å². The molecule has 0 saturated heterocycles. The van der Waals surface area contributed by atoms with Crippen molar-refractivity contribution >= 4 is 5.91 Å². The summed E-state index contributed by atoms with van der Waals surface area (Å²) < 4.78 is 8.00. The molecule has 0 N–H and O–H groups in total. The molecule has 3 rings (SSSR count). The lowest BCUT2D eigenvalue weighted by Gasteiger charge is -2.30. The van der Waals surface area contributed by atoms with E-state index in [2.05, 4.69) is 24.9 Å². The molecule has 1 unspecified atom stereocenters. The minimum atomic E-state index is -0.500. The highest BCUT2D eigenvalue weighted by atomic mass is 16.5. The maximum absolute atomic E-state index is 12.8. The number of fused-ring (bicyclic) bond motifs is 1. The number of hydrogen-bond donors (Lipinski definition) is 0. The van der Waals surface area contributed by atoms with Crippen molar-refractivity contribution in [3.8, 4) is 5.75 Å². The van der Waals surface area contributed by atoms with Crippen LogP contribution in [0.3, 0.4) is 0 Å². The van der Waals surface area contributed by atoms with E-state index in [1.165, 1.54) is 0 Å². The summed E-state index contributed by atoms with van der Waals surface area (Å²) in [5.74, 6) is 1.18. The van der Waals surface area contributed by atoms with Gasteiger partial charge >= 0.3 is 0 Å². The molecule has 24 heavy (non-hydrogen) atoms. The Morgan fingerprint density at radius 3 is 2.75 bits per heavy atom. The molecule has 0 aliphatic carbocycles. The number of nitrogens with zero attached hydrogens (tertiary/aromatic N) is 3. The molecular weight excluding hydrogens is 302 g/mol. The Morgan fingerprint density at radius 1 is 1.25 bits per heavy atom. The molecule has 2 aromatic rings. The molecule has 0 bridgehead atoms. The summed E-state index contributed by atoms with van der Waals surface area (Å²) in [5, 5.41) is 0. The summed E-state index contributed by atoms with van der Waals surface area (Å²) in [5.41, 5.74) is 3.34. The predicted octanol–water partition coefficient (Wildman–Crippen LogP) is 2.90. The van der Waals surface area contributed by atoms with Crippen molar-refractivity contribution in [2.75, 3.05) is 6.54 Å². The van der Waals surface area contributed by atoms with Crippen LogP contribution in [0.2, 0.25) is 0 Å². The molecule has 0 radical (unpaired) electrons. The lowest BCUT2D eigenvalue weighted by molar-refractivity contribution is -0.139. The number of para-hydroxylation sites is 1. The molecule has 1 aliphatic heterocycles. The second-order valence-corrected chi connectivity index (χ2v) is 6.71. The van der Waals surface area contributed by atoms with E-state index in [0.717, 1.165) is 29.1 Å². The maximum atomic E-state index is 12.8. The van der Waals surface area contributed by atoms with Gasteiger partial charge in [0.15, 0.2) is 6.10 Å². The molecular formula is C19H25N3O2. The zero-order valence-electron chi connectivity index (χ0n) is 14.8. The zero-order chi connectivity index (χ0) is 17.3. The summed E-state index contributed by atoms with van der Waals surface area (Å²) in [7, 11) is 1.97. The van der Waals surface area contributed by atoms with Crippen molar-refractivity contribution in [3.05, 3.63) is 47.5 Å². The fourth-order valence-corrected chi connectivity index (χ4v) is 3.17. The van der Waals surface area contributed by atoms with Gasteiger partial charge in [-0.25, -0.2) is 4.98 Å². The van der Waals surface area contributed by atoms with E-state index in [0.29, 0.717) is 19.0 Å². The van der Waals surface area contributed by atoms with Crippen LogP contribution in [0.4, 0.5) is 0 Å². The molecule has 1 aromatic carbocycles. The van der Waals surface area contributed by atoms with E-state index in [4.69, 9.17) is 4.74 Å². The molecule has 0 spiro atoms. The Hall–Kier alpha value is -2.30. The third-order valence-electron chi connectivity index (χ3n) is 4.61. The smallest absolute Gasteiger partial charge is 0.263 e. The Labute approximate surface area is 143 Å².